The van der Waals surface area contributed by atoms with Crippen molar-refractivity contribution in [3.05, 3.63) is 21.4 Å². The maximum absolute atomic E-state index is 12.4. The summed E-state index contributed by atoms with van der Waals surface area (Å²) in [5.41, 5.74) is 1.37. The van der Waals surface area contributed by atoms with Crippen LogP contribution in [-0.4, -0.2) is 35.7 Å². The first-order valence-corrected chi connectivity index (χ1v) is 8.17. The van der Waals surface area contributed by atoms with Crippen molar-refractivity contribution in [2.45, 2.75) is 25.7 Å². The lowest BCUT2D eigenvalue weighted by molar-refractivity contribution is 0.0780. The zero-order chi connectivity index (χ0) is 13.0. The highest BCUT2D eigenvalue weighted by atomic mass is 35.5. The summed E-state index contributed by atoms with van der Waals surface area (Å²) in [6.45, 7) is 1.13. The number of carbonyl (C=O) groups is 1. The molecule has 18 heavy (non-hydrogen) atoms. The lowest BCUT2D eigenvalue weighted by Gasteiger charge is -2.19. The molecule has 0 N–H and O–H groups in total. The molecule has 0 fully saturated rings. The van der Waals surface area contributed by atoms with Gasteiger partial charge in [0.25, 0.3) is 5.91 Å². The van der Waals surface area contributed by atoms with Crippen LogP contribution in [0.15, 0.2) is 6.07 Å². The smallest absolute Gasteiger partial charge is 0.264 e. The minimum Gasteiger partial charge on any atom is -0.336 e. The number of halogens is 2. The zero-order valence-electron chi connectivity index (χ0n) is 10.3. The van der Waals surface area contributed by atoms with Gasteiger partial charge in [-0.1, -0.05) is 0 Å². The molecule has 0 aliphatic heterocycles. The molecule has 0 bridgehead atoms. The minimum atomic E-state index is 0.0794. The van der Waals surface area contributed by atoms with Crippen molar-refractivity contribution in [1.29, 1.82) is 0 Å². The van der Waals surface area contributed by atoms with E-state index in [4.69, 9.17) is 23.2 Å². The first-order chi connectivity index (χ1) is 8.76. The molecule has 2 rings (SSSR count). The Morgan fingerprint density at radius 3 is 2.50 bits per heavy atom. The molecule has 5 heteroatoms. The molecule has 0 unspecified atom stereocenters. The van der Waals surface area contributed by atoms with Crippen LogP contribution in [0.5, 0.6) is 0 Å². The van der Waals surface area contributed by atoms with E-state index in [9.17, 15) is 4.79 Å². The summed E-state index contributed by atoms with van der Waals surface area (Å²) in [7, 11) is 0. The molecule has 0 saturated carbocycles. The van der Waals surface area contributed by atoms with Gasteiger partial charge in [-0.25, -0.2) is 0 Å². The highest BCUT2D eigenvalue weighted by Crippen LogP contribution is 2.30. The van der Waals surface area contributed by atoms with Crippen molar-refractivity contribution in [2.24, 2.45) is 0 Å². The van der Waals surface area contributed by atoms with Crippen molar-refractivity contribution < 1.29 is 4.79 Å². The molecule has 0 atom stereocenters. The summed E-state index contributed by atoms with van der Waals surface area (Å²) in [6.07, 6.45) is 4.72. The van der Waals surface area contributed by atoms with Crippen LogP contribution in [0.1, 0.15) is 33.0 Å². The second-order valence-electron chi connectivity index (χ2n) is 4.44. The molecule has 100 valence electrons. The summed E-state index contributed by atoms with van der Waals surface area (Å²) < 4.78 is 0. The van der Waals surface area contributed by atoms with Gasteiger partial charge in [-0.2, -0.15) is 0 Å². The van der Waals surface area contributed by atoms with E-state index >= 15 is 0 Å². The lowest BCUT2D eigenvalue weighted by atomic mass is 9.99. The fourth-order valence-corrected chi connectivity index (χ4v) is 3.90. The van der Waals surface area contributed by atoms with E-state index in [-0.39, 0.29) is 5.91 Å². The molecule has 2 nitrogen and oxygen atoms in total. The van der Waals surface area contributed by atoms with Gasteiger partial charge in [0.15, 0.2) is 0 Å². The van der Waals surface area contributed by atoms with E-state index in [2.05, 4.69) is 6.07 Å². The number of amides is 1. The van der Waals surface area contributed by atoms with Gasteiger partial charge in [0.2, 0.25) is 0 Å². The van der Waals surface area contributed by atoms with E-state index in [1.165, 1.54) is 23.3 Å². The Hall–Kier alpha value is -0.250. The Labute approximate surface area is 122 Å². The summed E-state index contributed by atoms with van der Waals surface area (Å²) >= 11 is 13.1. The van der Waals surface area contributed by atoms with Crippen LogP contribution in [0.3, 0.4) is 0 Å². The number of hydrogen-bond donors (Lipinski definition) is 0. The van der Waals surface area contributed by atoms with Crippen molar-refractivity contribution in [3.63, 3.8) is 0 Å². The van der Waals surface area contributed by atoms with Crippen LogP contribution in [0, 0.1) is 0 Å². The number of rotatable bonds is 5. The molecular formula is C13H17Cl2NOS. The van der Waals surface area contributed by atoms with Gasteiger partial charge in [-0.3, -0.25) is 4.79 Å². The molecule has 0 saturated heterocycles. The van der Waals surface area contributed by atoms with Gasteiger partial charge in [-0.05, 0) is 37.3 Å². The second-order valence-corrected chi connectivity index (χ2v) is 6.33. The molecule has 1 aliphatic carbocycles. The maximum atomic E-state index is 12.4. The van der Waals surface area contributed by atoms with Gasteiger partial charge in [0.1, 0.15) is 0 Å². The molecule has 1 aromatic heterocycles. The summed E-state index contributed by atoms with van der Waals surface area (Å²) in [5.74, 6) is 0.984. The number of thiophene rings is 1. The largest absolute Gasteiger partial charge is 0.336 e. The van der Waals surface area contributed by atoms with Gasteiger partial charge in [0.05, 0.1) is 4.88 Å². The Kier molecular flexibility index (Phi) is 5.34. The summed E-state index contributed by atoms with van der Waals surface area (Å²) in [6, 6.07) is 2.07. The molecule has 0 spiro atoms. The summed E-state index contributed by atoms with van der Waals surface area (Å²) in [4.78, 5) is 16.3. The maximum Gasteiger partial charge on any atom is 0.264 e. The third-order valence-electron chi connectivity index (χ3n) is 3.20. The topological polar surface area (TPSA) is 20.3 Å². The lowest BCUT2D eigenvalue weighted by Crippen LogP contribution is -2.33. The van der Waals surface area contributed by atoms with Gasteiger partial charge >= 0.3 is 0 Å². The molecule has 1 aliphatic rings. The van der Waals surface area contributed by atoms with Crippen molar-refractivity contribution in [3.8, 4) is 0 Å². The van der Waals surface area contributed by atoms with Crippen molar-refractivity contribution in [1.82, 2.24) is 4.90 Å². The molecule has 0 radical (unpaired) electrons. The van der Waals surface area contributed by atoms with Crippen LogP contribution in [0.4, 0.5) is 0 Å². The normalized spacial score (nSPS) is 14.3. The second kappa shape index (κ2) is 6.78. The van der Waals surface area contributed by atoms with Gasteiger partial charge < -0.3 is 4.90 Å². The molecule has 1 amide bonds. The SMILES string of the molecule is O=C(c1cc2c(s1)CCCC2)N(CCCl)CCCl. The quantitative estimate of drug-likeness (QED) is 0.762. The van der Waals surface area contributed by atoms with Crippen LogP contribution in [0.25, 0.3) is 0 Å². The predicted octanol–water partition coefficient (Wildman–Crippen LogP) is 3.55. The number of nitrogens with zero attached hydrogens (tertiary/aromatic N) is 1. The van der Waals surface area contributed by atoms with Gasteiger partial charge in [0, 0.05) is 29.7 Å². The standard InChI is InChI=1S/C13H17Cl2NOS/c14-5-7-16(8-6-15)13(17)12-9-10-3-1-2-4-11(10)18-12/h9H,1-8H2. The minimum absolute atomic E-state index is 0.0794. The third kappa shape index (κ3) is 3.19. The third-order valence-corrected chi connectivity index (χ3v) is 4.77. The number of carbonyl (C=O) groups excluding carboxylic acids is 1. The van der Waals surface area contributed by atoms with Crippen molar-refractivity contribution in [2.75, 3.05) is 24.8 Å². The summed E-state index contributed by atoms with van der Waals surface area (Å²) in [5, 5.41) is 0. The average Bonchev–Trinajstić information content (AvgIpc) is 2.81. The Morgan fingerprint density at radius 2 is 1.89 bits per heavy atom. The Morgan fingerprint density at radius 1 is 1.22 bits per heavy atom. The first-order valence-electron chi connectivity index (χ1n) is 6.29. The molecular weight excluding hydrogens is 289 g/mol. The number of hydrogen-bond acceptors (Lipinski definition) is 2. The zero-order valence-corrected chi connectivity index (χ0v) is 12.6. The van der Waals surface area contributed by atoms with Crippen LogP contribution in [-0.2, 0) is 12.8 Å². The van der Waals surface area contributed by atoms with Crippen molar-refractivity contribution >= 4 is 40.4 Å². The number of alkyl halides is 2. The van der Waals surface area contributed by atoms with E-state index in [1.807, 2.05) is 0 Å². The molecule has 0 aromatic carbocycles. The highest BCUT2D eigenvalue weighted by molar-refractivity contribution is 7.14. The molecule has 1 aromatic rings. The average molecular weight is 306 g/mol. The monoisotopic (exact) mass is 305 g/mol. The van der Waals surface area contributed by atoms with Crippen LogP contribution in [0.2, 0.25) is 0 Å². The number of fused-ring (bicyclic) bond motifs is 1. The Balaban J connectivity index is 2.13. The fourth-order valence-electron chi connectivity index (χ4n) is 2.27. The predicted molar refractivity (Wildman–Crippen MR) is 78.3 cm³/mol. The highest BCUT2D eigenvalue weighted by Gasteiger charge is 2.20. The van der Waals surface area contributed by atoms with Crippen LogP contribution >= 0.6 is 34.5 Å². The van der Waals surface area contributed by atoms with E-state index < -0.39 is 0 Å². The fraction of sp³-hybridized carbons (Fsp3) is 0.615. The molecule has 1 heterocycles. The van der Waals surface area contributed by atoms with E-state index in [1.54, 1.807) is 16.2 Å². The van der Waals surface area contributed by atoms with Gasteiger partial charge in [-0.15, -0.1) is 34.5 Å². The first kappa shape index (κ1) is 14.2. The number of aryl methyl sites for hydroxylation is 2. The van der Waals surface area contributed by atoms with E-state index in [0.717, 1.165) is 17.7 Å². The Bertz CT molecular complexity index is 390. The van der Waals surface area contributed by atoms with Crippen LogP contribution < -0.4 is 0 Å². The van der Waals surface area contributed by atoms with E-state index in [0.29, 0.717) is 24.8 Å².